The van der Waals surface area contributed by atoms with Crippen molar-refractivity contribution in [3.8, 4) is 5.69 Å². The maximum absolute atomic E-state index is 13.2. The average molecular weight is 363 g/mol. The van der Waals surface area contributed by atoms with E-state index < -0.39 is 0 Å². The number of nitrogens with zero attached hydrogens (tertiary/aromatic N) is 5. The average Bonchev–Trinajstić information content (AvgIpc) is 3.27. The summed E-state index contributed by atoms with van der Waals surface area (Å²) in [4.78, 5) is 27.0. The molecule has 0 radical (unpaired) electrons. The van der Waals surface area contributed by atoms with E-state index in [4.69, 9.17) is 4.74 Å². The van der Waals surface area contributed by atoms with Crippen molar-refractivity contribution in [3.05, 3.63) is 65.5 Å². The highest BCUT2D eigenvalue weighted by Gasteiger charge is 2.27. The maximum atomic E-state index is 13.2. The molecule has 8 heteroatoms. The first-order chi connectivity index (χ1) is 13.2. The number of fused-ring (bicyclic) bond motifs is 1. The van der Waals surface area contributed by atoms with Gasteiger partial charge in [0.2, 0.25) is 0 Å². The van der Waals surface area contributed by atoms with Crippen LogP contribution in [0.3, 0.4) is 0 Å². The smallest absolute Gasteiger partial charge is 0.338 e. The summed E-state index contributed by atoms with van der Waals surface area (Å²) in [6.07, 6.45) is 2.98. The predicted molar refractivity (Wildman–Crippen MR) is 96.9 cm³/mol. The molecule has 0 N–H and O–H groups in total. The minimum atomic E-state index is -0.387. The van der Waals surface area contributed by atoms with Gasteiger partial charge in [0.1, 0.15) is 6.33 Å². The van der Waals surface area contributed by atoms with Crippen LogP contribution >= 0.6 is 0 Å². The fourth-order valence-electron chi connectivity index (χ4n) is 3.35. The third-order valence-corrected chi connectivity index (χ3v) is 4.61. The normalized spacial score (nSPS) is 13.1. The number of carbonyl (C=O) groups excluding carboxylic acids is 2. The van der Waals surface area contributed by atoms with Crippen LogP contribution in [0.4, 0.5) is 5.69 Å². The fourth-order valence-corrected chi connectivity index (χ4v) is 3.35. The summed E-state index contributed by atoms with van der Waals surface area (Å²) in [7, 11) is 1.36. The third-order valence-electron chi connectivity index (χ3n) is 4.61. The second-order valence-electron chi connectivity index (χ2n) is 6.16. The number of benzene rings is 2. The van der Waals surface area contributed by atoms with Gasteiger partial charge >= 0.3 is 5.97 Å². The van der Waals surface area contributed by atoms with Gasteiger partial charge in [0.15, 0.2) is 0 Å². The highest BCUT2D eigenvalue weighted by molar-refractivity contribution is 6.08. The monoisotopic (exact) mass is 363 g/mol. The summed E-state index contributed by atoms with van der Waals surface area (Å²) in [5, 5.41) is 11.1. The van der Waals surface area contributed by atoms with Gasteiger partial charge in [-0.25, -0.2) is 9.48 Å². The second-order valence-corrected chi connectivity index (χ2v) is 6.16. The summed E-state index contributed by atoms with van der Waals surface area (Å²) in [6.45, 7) is 0.589. The van der Waals surface area contributed by atoms with Crippen LogP contribution in [0, 0.1) is 0 Å². The van der Waals surface area contributed by atoms with E-state index in [1.54, 1.807) is 35.2 Å². The molecule has 1 aromatic heterocycles. The summed E-state index contributed by atoms with van der Waals surface area (Å²) >= 11 is 0. The standard InChI is InChI=1S/C19H17N5O3/c1-27-19(26)16-7-3-9-17-15(16)8-4-10-23(17)18(25)13-5-2-6-14(11-13)24-12-20-21-22-24/h2-3,5-7,9,11-12H,4,8,10H2,1H3. The zero-order valence-electron chi connectivity index (χ0n) is 14.7. The quantitative estimate of drug-likeness (QED) is 0.662. The van der Waals surface area contributed by atoms with Crippen LogP contribution in [-0.2, 0) is 11.2 Å². The number of amides is 1. The molecule has 1 amide bonds. The van der Waals surface area contributed by atoms with Gasteiger partial charge in [0.25, 0.3) is 5.91 Å². The lowest BCUT2D eigenvalue weighted by Gasteiger charge is -2.30. The van der Waals surface area contributed by atoms with Crippen LogP contribution in [0.5, 0.6) is 0 Å². The first-order valence-corrected chi connectivity index (χ1v) is 8.54. The van der Waals surface area contributed by atoms with Crippen molar-refractivity contribution < 1.29 is 14.3 Å². The topological polar surface area (TPSA) is 90.2 Å². The Bertz CT molecular complexity index is 1000. The number of methoxy groups -OCH3 is 1. The van der Waals surface area contributed by atoms with Crippen LogP contribution in [0.25, 0.3) is 5.69 Å². The minimum absolute atomic E-state index is 0.132. The van der Waals surface area contributed by atoms with E-state index in [1.165, 1.54) is 18.1 Å². The number of anilines is 1. The molecule has 4 rings (SSSR count). The molecular weight excluding hydrogens is 346 g/mol. The van der Waals surface area contributed by atoms with Crippen LogP contribution < -0.4 is 4.90 Å². The Hall–Kier alpha value is -3.55. The molecule has 0 spiro atoms. The molecule has 0 fully saturated rings. The van der Waals surface area contributed by atoms with Crippen molar-refractivity contribution in [3.63, 3.8) is 0 Å². The highest BCUT2D eigenvalue weighted by Crippen LogP contribution is 2.31. The molecule has 0 saturated carbocycles. The third kappa shape index (κ3) is 3.05. The number of esters is 1. The predicted octanol–water partition coefficient (Wildman–Crippen LogP) is 2.04. The Morgan fingerprint density at radius 2 is 2.00 bits per heavy atom. The summed E-state index contributed by atoms with van der Waals surface area (Å²) in [6, 6.07) is 12.5. The molecule has 1 aliphatic rings. The van der Waals surface area contributed by atoms with Crippen LogP contribution in [-0.4, -0.2) is 45.7 Å². The van der Waals surface area contributed by atoms with E-state index in [0.717, 1.165) is 24.1 Å². The molecule has 2 aromatic carbocycles. The fraction of sp³-hybridized carbons (Fsp3) is 0.211. The molecule has 3 aromatic rings. The Labute approximate surface area is 155 Å². The Balaban J connectivity index is 1.71. The van der Waals surface area contributed by atoms with Crippen molar-refractivity contribution >= 4 is 17.6 Å². The van der Waals surface area contributed by atoms with Gasteiger partial charge in [-0.15, -0.1) is 5.10 Å². The van der Waals surface area contributed by atoms with Crippen molar-refractivity contribution in [1.82, 2.24) is 20.2 Å². The molecule has 0 unspecified atom stereocenters. The van der Waals surface area contributed by atoms with Crippen molar-refractivity contribution in [1.29, 1.82) is 0 Å². The summed E-state index contributed by atoms with van der Waals surface area (Å²) < 4.78 is 6.37. The maximum Gasteiger partial charge on any atom is 0.338 e. The zero-order chi connectivity index (χ0) is 18.8. The van der Waals surface area contributed by atoms with Gasteiger partial charge in [0, 0.05) is 17.8 Å². The van der Waals surface area contributed by atoms with E-state index in [0.29, 0.717) is 23.4 Å². The molecule has 0 atom stereocenters. The Kier molecular flexibility index (Phi) is 4.37. The second kappa shape index (κ2) is 6.99. The first kappa shape index (κ1) is 16.9. The molecule has 0 saturated heterocycles. The molecule has 27 heavy (non-hydrogen) atoms. The van der Waals surface area contributed by atoms with E-state index in [1.807, 2.05) is 12.1 Å². The molecule has 2 heterocycles. The molecule has 0 aliphatic carbocycles. The van der Waals surface area contributed by atoms with Crippen molar-refractivity contribution in [2.24, 2.45) is 0 Å². The van der Waals surface area contributed by atoms with Crippen LogP contribution in [0.2, 0.25) is 0 Å². The zero-order valence-corrected chi connectivity index (χ0v) is 14.7. The highest BCUT2D eigenvalue weighted by atomic mass is 16.5. The number of aromatic nitrogens is 4. The number of ether oxygens (including phenoxy) is 1. The molecule has 136 valence electrons. The van der Waals surface area contributed by atoms with Crippen molar-refractivity contribution in [2.75, 3.05) is 18.6 Å². The lowest BCUT2D eigenvalue weighted by Crippen LogP contribution is -2.36. The van der Waals surface area contributed by atoms with E-state index in [9.17, 15) is 9.59 Å². The SMILES string of the molecule is COC(=O)c1cccc2c1CCCN2C(=O)c1cccc(-n2cnnn2)c1. The van der Waals surface area contributed by atoms with Crippen LogP contribution in [0.15, 0.2) is 48.8 Å². The minimum Gasteiger partial charge on any atom is -0.465 e. The van der Waals surface area contributed by atoms with E-state index >= 15 is 0 Å². The van der Waals surface area contributed by atoms with Gasteiger partial charge in [-0.3, -0.25) is 4.79 Å². The Morgan fingerprint density at radius 3 is 2.78 bits per heavy atom. The van der Waals surface area contributed by atoms with E-state index in [-0.39, 0.29) is 11.9 Å². The van der Waals surface area contributed by atoms with Gasteiger partial charge in [-0.2, -0.15) is 0 Å². The summed E-state index contributed by atoms with van der Waals surface area (Å²) in [5.74, 6) is -0.519. The number of tetrazole rings is 1. The largest absolute Gasteiger partial charge is 0.465 e. The van der Waals surface area contributed by atoms with Crippen LogP contribution in [0.1, 0.15) is 32.7 Å². The first-order valence-electron chi connectivity index (χ1n) is 8.54. The molecule has 1 aliphatic heterocycles. The molecule has 8 nitrogen and oxygen atoms in total. The molecule has 0 bridgehead atoms. The molecular formula is C19H17N5O3. The number of rotatable bonds is 3. The number of hydrogen-bond donors (Lipinski definition) is 0. The summed E-state index contributed by atoms with van der Waals surface area (Å²) in [5.41, 5.74) is 3.34. The Morgan fingerprint density at radius 1 is 1.15 bits per heavy atom. The number of hydrogen-bond acceptors (Lipinski definition) is 6. The van der Waals surface area contributed by atoms with Crippen molar-refractivity contribution in [2.45, 2.75) is 12.8 Å². The van der Waals surface area contributed by atoms with Gasteiger partial charge in [-0.05, 0) is 59.2 Å². The van der Waals surface area contributed by atoms with Gasteiger partial charge < -0.3 is 9.64 Å². The lowest BCUT2D eigenvalue weighted by atomic mass is 9.95. The van der Waals surface area contributed by atoms with E-state index in [2.05, 4.69) is 15.5 Å². The van der Waals surface area contributed by atoms with Gasteiger partial charge in [0.05, 0.1) is 18.4 Å². The van der Waals surface area contributed by atoms with Gasteiger partial charge in [-0.1, -0.05) is 12.1 Å². The lowest BCUT2D eigenvalue weighted by molar-refractivity contribution is 0.0599. The number of carbonyl (C=O) groups is 2.